The summed E-state index contributed by atoms with van der Waals surface area (Å²) in [7, 11) is 0. The number of halogens is 12. The number of rotatable bonds is 14. The van der Waals surface area contributed by atoms with Crippen LogP contribution in [0.15, 0.2) is 18.5 Å². The summed E-state index contributed by atoms with van der Waals surface area (Å²) in [5, 5.41) is 0. The summed E-state index contributed by atoms with van der Waals surface area (Å²) in [5.74, 6) is -40.2. The Hall–Kier alpha value is -1.76. The van der Waals surface area contributed by atoms with E-state index in [-0.39, 0.29) is 19.8 Å². The second-order valence-electron chi connectivity index (χ2n) is 7.49. The van der Waals surface area contributed by atoms with Crippen molar-refractivity contribution in [1.82, 2.24) is 9.97 Å². The van der Waals surface area contributed by atoms with Crippen LogP contribution in [0, 0.1) is 0 Å². The molecule has 0 N–H and O–H groups in total. The molecule has 0 saturated heterocycles. The minimum absolute atomic E-state index is 0.182. The van der Waals surface area contributed by atoms with E-state index in [1.165, 1.54) is 12.4 Å². The van der Waals surface area contributed by atoms with Gasteiger partial charge in [-0.1, -0.05) is 26.2 Å². The quantitative estimate of drug-likeness (QED) is 0.192. The molecule has 0 fully saturated rings. The maximum atomic E-state index is 13.8. The maximum absolute atomic E-state index is 13.8. The molecule has 33 heavy (non-hydrogen) atoms. The van der Waals surface area contributed by atoms with Crippen LogP contribution < -0.4 is 0 Å². The van der Waals surface area contributed by atoms with Crippen molar-refractivity contribution >= 4 is 0 Å². The lowest BCUT2D eigenvalue weighted by molar-refractivity contribution is -0.425. The summed E-state index contributed by atoms with van der Waals surface area (Å²) in [5.41, 5.74) is 0. The van der Waals surface area contributed by atoms with Crippen molar-refractivity contribution in [2.75, 3.05) is 0 Å². The Morgan fingerprint density at radius 1 is 0.576 bits per heavy atom. The number of hydrogen-bond acceptors (Lipinski definition) is 2. The number of unbranched alkanes of at least 4 members (excludes halogenated alkanes) is 4. The third-order valence-electron chi connectivity index (χ3n) is 5.06. The van der Waals surface area contributed by atoms with Crippen LogP contribution in [-0.2, 0) is 6.42 Å². The van der Waals surface area contributed by atoms with Crippen LogP contribution in [0.4, 0.5) is 52.7 Å². The molecule has 1 aromatic rings. The summed E-state index contributed by atoms with van der Waals surface area (Å²) in [6.45, 7) is 0.210. The molecule has 0 atom stereocenters. The molecule has 0 spiro atoms. The summed E-state index contributed by atoms with van der Waals surface area (Å²) in [4.78, 5) is 7.85. The highest BCUT2D eigenvalue weighted by Crippen LogP contribution is 2.61. The molecule has 1 rings (SSSR count). The van der Waals surface area contributed by atoms with E-state index in [1.54, 1.807) is 6.07 Å². The van der Waals surface area contributed by atoms with Crippen LogP contribution in [0.3, 0.4) is 0 Å². The molecule has 0 bridgehead atoms. The van der Waals surface area contributed by atoms with Gasteiger partial charge in [-0.2, -0.15) is 52.7 Å². The predicted octanol–water partition coefficient (Wildman–Crippen LogP) is 7.58. The largest absolute Gasteiger partial charge is 0.384 e. The van der Waals surface area contributed by atoms with Crippen LogP contribution >= 0.6 is 0 Å². The van der Waals surface area contributed by atoms with Crippen LogP contribution in [0.5, 0.6) is 0 Å². The normalized spacial score (nSPS) is 14.6. The van der Waals surface area contributed by atoms with Crippen molar-refractivity contribution < 1.29 is 52.7 Å². The van der Waals surface area contributed by atoms with Crippen LogP contribution in [0.2, 0.25) is 0 Å². The van der Waals surface area contributed by atoms with Crippen molar-refractivity contribution in [2.24, 2.45) is 0 Å². The van der Waals surface area contributed by atoms with Gasteiger partial charge in [0.2, 0.25) is 0 Å². The molecule has 0 aliphatic carbocycles. The molecule has 1 aromatic heterocycles. The summed E-state index contributed by atoms with van der Waals surface area (Å²) in [6.07, 6.45) is -0.705. The van der Waals surface area contributed by atoms with E-state index >= 15 is 0 Å². The maximum Gasteiger partial charge on any atom is 0.384 e. The average Bonchev–Trinajstić information content (AvgIpc) is 2.73. The zero-order chi connectivity index (χ0) is 25.8. The van der Waals surface area contributed by atoms with Gasteiger partial charge in [0, 0.05) is 31.7 Å². The molecular formula is C19H22F12N2. The van der Waals surface area contributed by atoms with Crippen molar-refractivity contribution in [1.29, 1.82) is 0 Å². The van der Waals surface area contributed by atoms with Gasteiger partial charge in [0.05, 0.1) is 0 Å². The van der Waals surface area contributed by atoms with Crippen LogP contribution in [0.1, 0.15) is 57.7 Å². The van der Waals surface area contributed by atoms with Gasteiger partial charge in [-0.05, 0) is 18.9 Å². The van der Waals surface area contributed by atoms with Crippen LogP contribution in [-0.4, -0.2) is 45.5 Å². The van der Waals surface area contributed by atoms with Gasteiger partial charge in [0.1, 0.15) is 5.82 Å². The molecule has 0 radical (unpaired) electrons. The first-order valence-electron chi connectivity index (χ1n) is 9.92. The Kier molecular flexibility index (Phi) is 9.09. The standard InChI is InChI=1S/C19H22F12N2/c1-2-14(20,21)16(24,25)18(28,29)19(30,31)17(26,27)15(22,23)10-7-5-3-4-6-9-13-32-11-8-12-33-13/h8,11-12H,2-7,9-10H2,1H3. The van der Waals surface area contributed by atoms with Crippen molar-refractivity contribution in [3.63, 3.8) is 0 Å². The highest BCUT2D eigenvalue weighted by Gasteiger charge is 2.89. The summed E-state index contributed by atoms with van der Waals surface area (Å²) < 4.78 is 162. The Bertz CT molecular complexity index is 738. The van der Waals surface area contributed by atoms with Gasteiger partial charge in [-0.25, -0.2) is 9.97 Å². The SMILES string of the molecule is CCC(F)(F)C(F)(F)C(F)(F)C(F)(F)C(F)(F)C(F)(F)CCCCCCCc1ncccn1. The molecule has 0 amide bonds. The van der Waals surface area contributed by atoms with E-state index in [0.29, 0.717) is 25.1 Å². The monoisotopic (exact) mass is 506 g/mol. The van der Waals surface area contributed by atoms with E-state index < -0.39 is 54.8 Å². The Balaban J connectivity index is 2.75. The van der Waals surface area contributed by atoms with E-state index in [0.717, 1.165) is 0 Å². The minimum atomic E-state index is -7.47. The smallest absolute Gasteiger partial charge is 0.241 e. The first-order valence-corrected chi connectivity index (χ1v) is 9.92. The fraction of sp³-hybridized carbons (Fsp3) is 0.789. The number of aromatic nitrogens is 2. The Labute approximate surface area is 181 Å². The predicted molar refractivity (Wildman–Crippen MR) is 93.4 cm³/mol. The Morgan fingerprint density at radius 2 is 1.00 bits per heavy atom. The van der Waals surface area contributed by atoms with Crippen molar-refractivity contribution in [2.45, 2.75) is 93.8 Å². The third kappa shape index (κ3) is 5.67. The highest BCUT2D eigenvalue weighted by atomic mass is 19.4. The number of hydrogen-bond donors (Lipinski definition) is 0. The summed E-state index contributed by atoms with van der Waals surface area (Å²) >= 11 is 0. The van der Waals surface area contributed by atoms with E-state index in [4.69, 9.17) is 0 Å². The molecule has 0 unspecified atom stereocenters. The molecule has 1 heterocycles. The van der Waals surface area contributed by atoms with E-state index in [2.05, 4.69) is 9.97 Å². The molecule has 0 aromatic carbocycles. The average molecular weight is 506 g/mol. The van der Waals surface area contributed by atoms with Gasteiger partial charge in [0.15, 0.2) is 0 Å². The van der Waals surface area contributed by atoms with Gasteiger partial charge in [-0.3, -0.25) is 0 Å². The lowest BCUT2D eigenvalue weighted by atomic mass is 9.89. The van der Waals surface area contributed by atoms with Gasteiger partial charge < -0.3 is 0 Å². The topological polar surface area (TPSA) is 25.8 Å². The first-order chi connectivity index (χ1) is 14.9. The number of aryl methyl sites for hydroxylation is 1. The zero-order valence-corrected chi connectivity index (χ0v) is 17.3. The Morgan fingerprint density at radius 3 is 1.48 bits per heavy atom. The lowest BCUT2D eigenvalue weighted by Crippen LogP contribution is -2.70. The molecule has 0 aliphatic rings. The second kappa shape index (κ2) is 10.2. The molecule has 0 aliphatic heterocycles. The third-order valence-corrected chi connectivity index (χ3v) is 5.06. The van der Waals surface area contributed by atoms with Crippen molar-refractivity contribution in [3.05, 3.63) is 24.3 Å². The minimum Gasteiger partial charge on any atom is -0.241 e. The molecule has 2 nitrogen and oxygen atoms in total. The second-order valence-corrected chi connectivity index (χ2v) is 7.49. The van der Waals surface area contributed by atoms with Gasteiger partial charge in [-0.15, -0.1) is 0 Å². The van der Waals surface area contributed by atoms with Crippen molar-refractivity contribution in [3.8, 4) is 0 Å². The van der Waals surface area contributed by atoms with E-state index in [9.17, 15) is 52.7 Å². The van der Waals surface area contributed by atoms with Gasteiger partial charge >= 0.3 is 35.5 Å². The summed E-state index contributed by atoms with van der Waals surface area (Å²) in [6, 6.07) is 1.58. The zero-order valence-electron chi connectivity index (χ0n) is 17.3. The van der Waals surface area contributed by atoms with Gasteiger partial charge in [0.25, 0.3) is 0 Å². The lowest BCUT2D eigenvalue weighted by Gasteiger charge is -2.41. The molecule has 192 valence electrons. The fourth-order valence-electron chi connectivity index (χ4n) is 2.85. The molecular weight excluding hydrogens is 484 g/mol. The number of alkyl halides is 12. The molecule has 0 saturated carbocycles. The number of nitrogens with zero attached hydrogens (tertiary/aromatic N) is 2. The molecule has 14 heteroatoms. The fourth-order valence-corrected chi connectivity index (χ4v) is 2.85. The van der Waals surface area contributed by atoms with Crippen LogP contribution in [0.25, 0.3) is 0 Å². The highest BCUT2D eigenvalue weighted by molar-refractivity contribution is 5.11. The van der Waals surface area contributed by atoms with E-state index in [1.807, 2.05) is 0 Å². The first kappa shape index (κ1) is 29.3.